The van der Waals surface area contributed by atoms with Crippen LogP contribution in [0, 0.1) is 6.92 Å². The van der Waals surface area contributed by atoms with Gasteiger partial charge in [-0.1, -0.05) is 23.5 Å². The van der Waals surface area contributed by atoms with Crippen molar-refractivity contribution in [1.29, 1.82) is 0 Å². The van der Waals surface area contributed by atoms with Crippen LogP contribution in [0.1, 0.15) is 15.2 Å². The molecule has 1 fully saturated rings. The lowest BCUT2D eigenvalue weighted by Crippen LogP contribution is -2.36. The summed E-state index contributed by atoms with van der Waals surface area (Å²) in [6.45, 7) is 5.00. The summed E-state index contributed by atoms with van der Waals surface area (Å²) in [6.07, 6.45) is 3.28. The molecule has 0 atom stereocenters. The molecule has 1 aromatic carbocycles. The van der Waals surface area contributed by atoms with Crippen LogP contribution in [0.5, 0.6) is 0 Å². The van der Waals surface area contributed by atoms with Crippen LogP contribution in [0.4, 0.5) is 22.5 Å². The number of nitrogens with one attached hydrogen (secondary N) is 3. The topological polar surface area (TPSA) is 108 Å². The molecule has 0 saturated carbocycles. The van der Waals surface area contributed by atoms with Gasteiger partial charge in [-0.05, 0) is 30.7 Å². The van der Waals surface area contributed by atoms with Crippen molar-refractivity contribution in [3.63, 3.8) is 0 Å². The first kappa shape index (κ1) is 19.5. The van der Waals surface area contributed by atoms with Crippen LogP contribution < -0.4 is 15.5 Å². The number of aromatic amines is 1. The molecule has 1 saturated heterocycles. The van der Waals surface area contributed by atoms with Gasteiger partial charge >= 0.3 is 0 Å². The lowest BCUT2D eigenvalue weighted by molar-refractivity contribution is 0.103. The van der Waals surface area contributed by atoms with E-state index in [1.54, 1.807) is 12.4 Å². The number of nitrogens with zero attached hydrogens (tertiary/aromatic N) is 4. The van der Waals surface area contributed by atoms with Gasteiger partial charge in [0.25, 0.3) is 5.91 Å². The van der Waals surface area contributed by atoms with E-state index in [1.165, 1.54) is 11.3 Å². The van der Waals surface area contributed by atoms with Crippen LogP contribution in [0.3, 0.4) is 0 Å². The fourth-order valence-corrected chi connectivity index (χ4v) is 4.19. The van der Waals surface area contributed by atoms with Crippen molar-refractivity contribution in [2.24, 2.45) is 0 Å². The number of aromatic nitrogens is 4. The Kier molecular flexibility index (Phi) is 5.23. The maximum absolute atomic E-state index is 12.8. The van der Waals surface area contributed by atoms with Crippen molar-refractivity contribution in [1.82, 2.24) is 20.2 Å². The van der Waals surface area contributed by atoms with Crippen molar-refractivity contribution in [3.8, 4) is 0 Å². The molecule has 5 rings (SSSR count). The van der Waals surface area contributed by atoms with E-state index in [0.717, 1.165) is 41.1 Å². The fraction of sp³-hybridized carbons (Fsp3) is 0.238. The fourth-order valence-electron chi connectivity index (χ4n) is 3.48. The highest BCUT2D eigenvalue weighted by atomic mass is 32.1. The van der Waals surface area contributed by atoms with Crippen molar-refractivity contribution in [2.45, 2.75) is 6.92 Å². The number of ether oxygens (including phenoxy) is 1. The first-order chi connectivity index (χ1) is 15.2. The summed E-state index contributed by atoms with van der Waals surface area (Å²) in [4.78, 5) is 24.5. The molecule has 3 aromatic heterocycles. The maximum atomic E-state index is 12.8. The molecule has 0 aliphatic carbocycles. The second-order valence-electron chi connectivity index (χ2n) is 7.18. The van der Waals surface area contributed by atoms with Crippen molar-refractivity contribution in [2.75, 3.05) is 41.8 Å². The zero-order chi connectivity index (χ0) is 21.2. The van der Waals surface area contributed by atoms with E-state index in [9.17, 15) is 4.79 Å². The van der Waals surface area contributed by atoms with Gasteiger partial charge in [0.05, 0.1) is 36.8 Å². The van der Waals surface area contributed by atoms with Crippen LogP contribution in [0.2, 0.25) is 0 Å². The zero-order valence-electron chi connectivity index (χ0n) is 16.9. The molecular formula is C21H21N7O2S. The Hall–Kier alpha value is -3.50. The van der Waals surface area contributed by atoms with Crippen LogP contribution >= 0.6 is 11.3 Å². The molecular weight excluding hydrogens is 414 g/mol. The molecule has 31 heavy (non-hydrogen) atoms. The normalized spacial score (nSPS) is 14.0. The molecule has 0 bridgehead atoms. The van der Waals surface area contributed by atoms with Crippen LogP contribution in [0.25, 0.3) is 10.9 Å². The number of morpholine rings is 1. The second kappa shape index (κ2) is 8.32. The minimum absolute atomic E-state index is 0.211. The van der Waals surface area contributed by atoms with Gasteiger partial charge in [0, 0.05) is 18.5 Å². The third-order valence-electron chi connectivity index (χ3n) is 5.10. The molecule has 158 valence electrons. The number of anilines is 4. The van der Waals surface area contributed by atoms with Gasteiger partial charge in [-0.25, -0.2) is 9.97 Å². The van der Waals surface area contributed by atoms with Crippen LogP contribution in [-0.4, -0.2) is 52.4 Å². The lowest BCUT2D eigenvalue weighted by Gasteiger charge is -2.27. The molecule has 1 amide bonds. The van der Waals surface area contributed by atoms with E-state index in [-0.39, 0.29) is 5.91 Å². The summed E-state index contributed by atoms with van der Waals surface area (Å²) >= 11 is 1.28. The first-order valence-corrected chi connectivity index (χ1v) is 10.8. The van der Waals surface area contributed by atoms with Gasteiger partial charge in [-0.3, -0.25) is 9.89 Å². The van der Waals surface area contributed by atoms with E-state index in [0.29, 0.717) is 29.0 Å². The standard InChI is InChI=1S/C21H21N7O2S/c1-13-5-6-15-14(11-23-27-15)19(13)26-20(29)16-12-22-21(31-16)25-17-3-2-4-18(24-17)28-7-9-30-10-8-28/h2-6,11-12H,7-10H2,1H3,(H,23,27)(H,26,29)(H,22,24,25). The quantitative estimate of drug-likeness (QED) is 0.440. The number of H-pyrrole nitrogens is 1. The average Bonchev–Trinajstić information content (AvgIpc) is 3.46. The molecule has 4 heterocycles. The number of hydrogen-bond donors (Lipinski definition) is 3. The van der Waals surface area contributed by atoms with Crippen molar-refractivity contribution < 1.29 is 9.53 Å². The van der Waals surface area contributed by atoms with E-state index >= 15 is 0 Å². The number of hydrogen-bond acceptors (Lipinski definition) is 8. The number of rotatable bonds is 5. The Morgan fingerprint density at radius 3 is 2.94 bits per heavy atom. The molecule has 4 aromatic rings. The summed E-state index contributed by atoms with van der Waals surface area (Å²) in [5, 5.41) is 14.7. The Morgan fingerprint density at radius 2 is 2.06 bits per heavy atom. The monoisotopic (exact) mass is 435 g/mol. The van der Waals surface area contributed by atoms with Gasteiger partial charge in [-0.15, -0.1) is 0 Å². The van der Waals surface area contributed by atoms with Gasteiger partial charge in [-0.2, -0.15) is 5.10 Å². The molecule has 3 N–H and O–H groups in total. The Labute approximate surface area is 182 Å². The molecule has 1 aliphatic heterocycles. The summed E-state index contributed by atoms with van der Waals surface area (Å²) in [5.41, 5.74) is 2.59. The predicted molar refractivity (Wildman–Crippen MR) is 121 cm³/mol. The Bertz CT molecular complexity index is 1230. The van der Waals surface area contributed by atoms with Crippen molar-refractivity contribution >= 4 is 50.6 Å². The molecule has 9 nitrogen and oxygen atoms in total. The third kappa shape index (κ3) is 4.07. The van der Waals surface area contributed by atoms with E-state index < -0.39 is 0 Å². The number of pyridine rings is 1. The summed E-state index contributed by atoms with van der Waals surface area (Å²) < 4.78 is 5.40. The molecule has 0 unspecified atom stereocenters. The number of amides is 1. The molecule has 10 heteroatoms. The Morgan fingerprint density at radius 1 is 1.19 bits per heavy atom. The Balaban J connectivity index is 1.30. The third-order valence-corrected chi connectivity index (χ3v) is 6.02. The number of carbonyl (C=O) groups excluding carboxylic acids is 1. The summed E-state index contributed by atoms with van der Waals surface area (Å²) in [5.74, 6) is 1.37. The SMILES string of the molecule is Cc1ccc2[nH]ncc2c1NC(=O)c1cnc(Nc2cccc(N3CCOCC3)n2)s1. The predicted octanol–water partition coefficient (Wildman–Crippen LogP) is 3.56. The van der Waals surface area contributed by atoms with Crippen LogP contribution in [-0.2, 0) is 4.74 Å². The zero-order valence-corrected chi connectivity index (χ0v) is 17.7. The minimum atomic E-state index is -0.211. The highest BCUT2D eigenvalue weighted by Crippen LogP contribution is 2.28. The molecule has 0 spiro atoms. The molecule has 1 aliphatic rings. The number of carbonyl (C=O) groups is 1. The largest absolute Gasteiger partial charge is 0.378 e. The second-order valence-corrected chi connectivity index (χ2v) is 8.21. The van der Waals surface area contributed by atoms with Gasteiger partial charge < -0.3 is 20.3 Å². The lowest BCUT2D eigenvalue weighted by atomic mass is 10.1. The van der Waals surface area contributed by atoms with Gasteiger partial charge in [0.15, 0.2) is 5.13 Å². The average molecular weight is 436 g/mol. The van der Waals surface area contributed by atoms with Crippen LogP contribution in [0.15, 0.2) is 42.7 Å². The number of fused-ring (bicyclic) bond motifs is 1. The molecule has 0 radical (unpaired) electrons. The maximum Gasteiger partial charge on any atom is 0.267 e. The van der Waals surface area contributed by atoms with Gasteiger partial charge in [0.2, 0.25) is 0 Å². The summed E-state index contributed by atoms with van der Waals surface area (Å²) in [7, 11) is 0. The number of thiazole rings is 1. The summed E-state index contributed by atoms with van der Waals surface area (Å²) in [6, 6.07) is 9.71. The van der Waals surface area contributed by atoms with E-state index in [2.05, 4.69) is 35.7 Å². The highest BCUT2D eigenvalue weighted by Gasteiger charge is 2.16. The smallest absolute Gasteiger partial charge is 0.267 e. The van der Waals surface area contributed by atoms with E-state index in [4.69, 9.17) is 4.74 Å². The van der Waals surface area contributed by atoms with Gasteiger partial charge in [0.1, 0.15) is 16.5 Å². The van der Waals surface area contributed by atoms with Crippen molar-refractivity contribution in [3.05, 3.63) is 53.2 Å². The highest BCUT2D eigenvalue weighted by molar-refractivity contribution is 7.17. The minimum Gasteiger partial charge on any atom is -0.378 e. The van der Waals surface area contributed by atoms with E-state index in [1.807, 2.05) is 37.3 Å². The first-order valence-electron chi connectivity index (χ1n) is 9.94. The number of aryl methyl sites for hydroxylation is 1. The number of benzene rings is 1.